The van der Waals surface area contributed by atoms with E-state index >= 15 is 0 Å². The summed E-state index contributed by atoms with van der Waals surface area (Å²) in [6.45, 7) is 20.2. The van der Waals surface area contributed by atoms with Crippen molar-refractivity contribution >= 4 is 50.2 Å². The summed E-state index contributed by atoms with van der Waals surface area (Å²) in [6, 6.07) is 35.8. The molecule has 0 aliphatic carbocycles. The van der Waals surface area contributed by atoms with E-state index in [1.807, 2.05) is 6.67 Å². The van der Waals surface area contributed by atoms with Crippen molar-refractivity contribution < 1.29 is 47.4 Å². The minimum atomic E-state index is -4.56. The Bertz CT molecular complexity index is 2660. The number of hydrogen-bond acceptors (Lipinski definition) is 4. The van der Waals surface area contributed by atoms with Crippen LogP contribution >= 0.6 is 0 Å². The molecule has 0 bridgehead atoms. The first kappa shape index (κ1) is 48.1. The van der Waals surface area contributed by atoms with Crippen LogP contribution in [0.4, 0.5) is 54.8 Å². The minimum absolute atomic E-state index is 0. The number of nitrogens with one attached hydrogen (secondary N) is 1. The average Bonchev–Trinajstić information content (AvgIpc) is 3.78. The molecule has 1 aliphatic heterocycles. The number of halogens is 6. The summed E-state index contributed by atoms with van der Waals surface area (Å²) in [4.78, 5) is 10.6. The van der Waals surface area contributed by atoms with E-state index in [9.17, 15) is 26.3 Å². The summed E-state index contributed by atoms with van der Waals surface area (Å²) in [5.74, 6) is 1.26. The number of aromatic nitrogens is 1. The molecule has 1 aromatic heterocycles. The number of rotatable bonds is 9. The van der Waals surface area contributed by atoms with Gasteiger partial charge in [-0.25, -0.2) is 0 Å². The molecular weight excluding hydrogens is 1000 g/mol. The maximum atomic E-state index is 12.7. The molecule has 64 heavy (non-hydrogen) atoms. The summed E-state index contributed by atoms with van der Waals surface area (Å²) in [5, 5.41) is 3.72. The number of fused-ring (bicyclic) bond motifs is 4. The number of aryl methyl sites for hydroxylation is 1. The SMILES string of the molecule is Cc1ccccc1N(C)[CH-]Nc1[c-]c(N2[CH-]N(C)c3ccccc32)cc(-c2c(C(C)C)cc(C(C)C)cc2C(C)C)c1.FC(F)(F)c1ccc2[n-]c3ccc(C(F)(F)F)cc3c2c1.[Pt+4]. The number of alkyl halides is 6. The van der Waals surface area contributed by atoms with Crippen LogP contribution in [0.5, 0.6) is 0 Å². The molecule has 12 heteroatoms. The standard InChI is InChI=1S/C38H45N4.C14H6F6N.Pt/c1-25(2)29-20-33(26(3)4)38(34(21-29)27(5)6)30-18-31(39-23-40(8)35-15-11-10-14-28(35)7)22-32(19-30)42-24-41(9)36-16-12-13-17-37(36)42;15-13(16,17)7-1-3-11-9(5-7)10-6-8(14(18,19)20)2-4-12(10)21-11;/h10-21,23-27,39H,1-9H3;1-6H;/q-3;-1;+4. The molecule has 0 saturated heterocycles. The van der Waals surface area contributed by atoms with Crippen molar-refractivity contribution in [3.8, 4) is 11.1 Å². The molecule has 6 aromatic carbocycles. The van der Waals surface area contributed by atoms with E-state index in [1.54, 1.807) is 0 Å². The molecule has 2 heterocycles. The first-order chi connectivity index (χ1) is 29.7. The van der Waals surface area contributed by atoms with Gasteiger partial charge in [0.05, 0.1) is 11.1 Å². The zero-order valence-corrected chi connectivity index (χ0v) is 39.4. The zero-order valence-electron chi connectivity index (χ0n) is 37.2. The Hall–Kier alpha value is -5.41. The van der Waals surface area contributed by atoms with Gasteiger partial charge in [0.25, 0.3) is 0 Å². The molecule has 8 rings (SSSR count). The molecule has 1 N–H and O–H groups in total. The van der Waals surface area contributed by atoms with Crippen LogP contribution in [0.1, 0.15) is 92.7 Å². The second-order valence-electron chi connectivity index (χ2n) is 17.0. The molecule has 336 valence electrons. The summed E-state index contributed by atoms with van der Waals surface area (Å²) < 4.78 is 76.1. The van der Waals surface area contributed by atoms with Crippen LogP contribution in [0, 0.1) is 26.3 Å². The van der Waals surface area contributed by atoms with Crippen LogP contribution in [-0.2, 0) is 33.4 Å². The van der Waals surface area contributed by atoms with Crippen LogP contribution in [0.25, 0.3) is 32.9 Å². The zero-order chi connectivity index (χ0) is 45.5. The maximum Gasteiger partial charge on any atom is 4.00 e. The van der Waals surface area contributed by atoms with E-state index in [2.05, 4.69) is 173 Å². The monoisotopic (exact) mass is 1050 g/mol. The van der Waals surface area contributed by atoms with Gasteiger partial charge in [0.15, 0.2) is 0 Å². The minimum Gasteiger partial charge on any atom is -0.657 e. The van der Waals surface area contributed by atoms with Crippen molar-refractivity contribution in [2.45, 2.75) is 78.6 Å². The molecule has 0 fully saturated rings. The van der Waals surface area contributed by atoms with Gasteiger partial charge < -0.3 is 25.0 Å². The van der Waals surface area contributed by atoms with Crippen molar-refractivity contribution in [3.05, 3.63) is 162 Å². The second-order valence-corrected chi connectivity index (χ2v) is 17.0. The predicted molar refractivity (Wildman–Crippen MR) is 247 cm³/mol. The summed E-state index contributed by atoms with van der Waals surface area (Å²) >= 11 is 0. The van der Waals surface area contributed by atoms with Crippen LogP contribution in [0.3, 0.4) is 0 Å². The van der Waals surface area contributed by atoms with Crippen molar-refractivity contribution in [1.29, 1.82) is 0 Å². The van der Waals surface area contributed by atoms with Gasteiger partial charge in [-0.2, -0.15) is 39.7 Å². The molecule has 5 nitrogen and oxygen atoms in total. The molecule has 0 amide bonds. The fraction of sp³-hybridized carbons (Fsp3) is 0.269. The predicted octanol–water partition coefficient (Wildman–Crippen LogP) is 15.2. The van der Waals surface area contributed by atoms with Gasteiger partial charge in [-0.05, 0) is 108 Å². The van der Waals surface area contributed by atoms with Gasteiger partial charge in [0.2, 0.25) is 0 Å². The number of hydrogen-bond donors (Lipinski definition) is 1. The Balaban J connectivity index is 0.000000259. The van der Waals surface area contributed by atoms with Crippen LogP contribution in [-0.4, -0.2) is 14.1 Å². The third-order valence-corrected chi connectivity index (χ3v) is 11.4. The Morgan fingerprint density at radius 1 is 0.688 bits per heavy atom. The normalized spacial score (nSPS) is 12.8. The van der Waals surface area contributed by atoms with Crippen molar-refractivity contribution in [2.75, 3.05) is 34.1 Å². The number of benzene rings is 6. The number of para-hydroxylation sites is 3. The van der Waals surface area contributed by atoms with E-state index in [1.165, 1.54) is 44.8 Å². The molecule has 1 aliphatic rings. The Morgan fingerprint density at radius 2 is 1.22 bits per heavy atom. The molecule has 0 radical (unpaired) electrons. The maximum absolute atomic E-state index is 12.7. The fourth-order valence-electron chi connectivity index (χ4n) is 8.03. The van der Waals surface area contributed by atoms with E-state index in [0.717, 1.165) is 53.5 Å². The van der Waals surface area contributed by atoms with Gasteiger partial charge in [0.1, 0.15) is 0 Å². The number of anilines is 5. The van der Waals surface area contributed by atoms with Crippen LogP contribution < -0.4 is 25.0 Å². The first-order valence-corrected chi connectivity index (χ1v) is 21.0. The summed E-state index contributed by atoms with van der Waals surface area (Å²) in [7, 11) is 4.18. The third-order valence-electron chi connectivity index (χ3n) is 11.4. The van der Waals surface area contributed by atoms with E-state index in [-0.39, 0.29) is 42.9 Å². The van der Waals surface area contributed by atoms with E-state index in [4.69, 9.17) is 0 Å². The summed E-state index contributed by atoms with van der Waals surface area (Å²) in [5.41, 5.74) is 12.1. The third kappa shape index (κ3) is 10.1. The molecule has 0 spiro atoms. The van der Waals surface area contributed by atoms with Gasteiger partial charge in [-0.15, -0.1) is 46.2 Å². The fourth-order valence-corrected chi connectivity index (χ4v) is 8.03. The van der Waals surface area contributed by atoms with E-state index in [0.29, 0.717) is 17.8 Å². The Kier molecular flexibility index (Phi) is 14.2. The first-order valence-electron chi connectivity index (χ1n) is 21.0. The average molecular weight is 1060 g/mol. The molecule has 0 unspecified atom stereocenters. The molecular formula is C52H51F6N5Pt. The van der Waals surface area contributed by atoms with Gasteiger partial charge in [-0.1, -0.05) is 108 Å². The van der Waals surface area contributed by atoms with Crippen molar-refractivity contribution in [3.63, 3.8) is 0 Å². The second kappa shape index (κ2) is 19.0. The van der Waals surface area contributed by atoms with Gasteiger partial charge in [0, 0.05) is 17.1 Å². The number of nitrogens with zero attached hydrogens (tertiary/aromatic N) is 4. The smallest absolute Gasteiger partial charge is 0.657 e. The molecule has 0 atom stereocenters. The molecule has 7 aromatic rings. The van der Waals surface area contributed by atoms with Crippen LogP contribution in [0.15, 0.2) is 109 Å². The van der Waals surface area contributed by atoms with Gasteiger partial charge >= 0.3 is 33.4 Å². The van der Waals surface area contributed by atoms with Gasteiger partial charge in [-0.3, -0.25) is 0 Å². The summed E-state index contributed by atoms with van der Waals surface area (Å²) in [6.07, 6.45) is -9.11. The Morgan fingerprint density at radius 3 is 1.73 bits per heavy atom. The topological polar surface area (TPSA) is 35.9 Å². The van der Waals surface area contributed by atoms with E-state index < -0.39 is 23.5 Å². The van der Waals surface area contributed by atoms with Crippen molar-refractivity contribution in [1.82, 2.24) is 4.98 Å². The molecule has 0 saturated carbocycles. The van der Waals surface area contributed by atoms with Crippen molar-refractivity contribution in [2.24, 2.45) is 0 Å². The van der Waals surface area contributed by atoms with Crippen LogP contribution in [0.2, 0.25) is 0 Å². The Labute approximate surface area is 386 Å². The quantitative estimate of drug-likeness (QED) is 0.115. The largest absolute Gasteiger partial charge is 4.00 e.